The van der Waals surface area contributed by atoms with Gasteiger partial charge in [0, 0.05) is 19.8 Å². The fourth-order valence-corrected chi connectivity index (χ4v) is 1.63. The zero-order valence-corrected chi connectivity index (χ0v) is 11.6. The molecular formula is C15H25NO2. The highest BCUT2D eigenvalue weighted by molar-refractivity contribution is 5.27. The van der Waals surface area contributed by atoms with E-state index >= 15 is 0 Å². The highest BCUT2D eigenvalue weighted by Gasteiger charge is 1.94. The monoisotopic (exact) mass is 251 g/mol. The van der Waals surface area contributed by atoms with Crippen LogP contribution in [-0.4, -0.2) is 32.9 Å². The van der Waals surface area contributed by atoms with Crippen LogP contribution in [0.25, 0.3) is 0 Å². The highest BCUT2D eigenvalue weighted by atomic mass is 16.5. The average molecular weight is 251 g/mol. The number of aryl methyl sites for hydroxylation is 1. The van der Waals surface area contributed by atoms with Crippen molar-refractivity contribution in [2.75, 3.05) is 32.9 Å². The van der Waals surface area contributed by atoms with E-state index in [4.69, 9.17) is 9.47 Å². The first kappa shape index (κ1) is 15.0. The van der Waals surface area contributed by atoms with Gasteiger partial charge in [-0.15, -0.1) is 0 Å². The highest BCUT2D eigenvalue weighted by Crippen LogP contribution is 2.11. The summed E-state index contributed by atoms with van der Waals surface area (Å²) >= 11 is 0. The van der Waals surface area contributed by atoms with Crippen molar-refractivity contribution in [1.29, 1.82) is 0 Å². The lowest BCUT2D eigenvalue weighted by atomic mass is 10.2. The molecule has 0 saturated carbocycles. The van der Waals surface area contributed by atoms with Gasteiger partial charge in [0.15, 0.2) is 0 Å². The van der Waals surface area contributed by atoms with E-state index in [-0.39, 0.29) is 0 Å². The van der Waals surface area contributed by atoms with Crippen molar-refractivity contribution in [3.05, 3.63) is 29.8 Å². The Morgan fingerprint density at radius 3 is 2.44 bits per heavy atom. The summed E-state index contributed by atoms with van der Waals surface area (Å²) in [6, 6.07) is 8.30. The Morgan fingerprint density at radius 2 is 1.78 bits per heavy atom. The fraction of sp³-hybridized carbons (Fsp3) is 0.600. The molecule has 0 bridgehead atoms. The third-order valence-corrected chi connectivity index (χ3v) is 2.73. The number of rotatable bonds is 10. The van der Waals surface area contributed by atoms with Gasteiger partial charge < -0.3 is 14.8 Å². The maximum absolute atomic E-state index is 5.64. The molecule has 0 amide bonds. The number of benzene rings is 1. The maximum atomic E-state index is 5.64. The minimum absolute atomic E-state index is 0.708. The smallest absolute Gasteiger partial charge is 0.119 e. The molecule has 0 fully saturated rings. The molecule has 1 N–H and O–H groups in total. The van der Waals surface area contributed by atoms with Crippen LogP contribution >= 0.6 is 0 Å². The lowest BCUT2D eigenvalue weighted by Crippen LogP contribution is -2.23. The van der Waals surface area contributed by atoms with Gasteiger partial charge in [-0.3, -0.25) is 0 Å². The molecule has 0 aliphatic carbocycles. The van der Waals surface area contributed by atoms with Gasteiger partial charge >= 0.3 is 0 Å². The predicted molar refractivity (Wildman–Crippen MR) is 75.3 cm³/mol. The van der Waals surface area contributed by atoms with Crippen LogP contribution in [0.3, 0.4) is 0 Å². The summed E-state index contributed by atoms with van der Waals surface area (Å²) in [5, 5.41) is 3.33. The van der Waals surface area contributed by atoms with Gasteiger partial charge in [-0.05, 0) is 44.0 Å². The molecule has 0 unspecified atom stereocenters. The van der Waals surface area contributed by atoms with Crippen molar-refractivity contribution in [2.24, 2.45) is 0 Å². The van der Waals surface area contributed by atoms with Crippen molar-refractivity contribution in [2.45, 2.75) is 26.7 Å². The van der Waals surface area contributed by atoms with Crippen LogP contribution < -0.4 is 10.1 Å². The van der Waals surface area contributed by atoms with Crippen LogP contribution in [0.4, 0.5) is 0 Å². The minimum Gasteiger partial charge on any atom is -0.492 e. The number of ether oxygens (including phenoxy) is 2. The molecule has 102 valence electrons. The molecule has 0 aliphatic heterocycles. The third-order valence-electron chi connectivity index (χ3n) is 2.73. The van der Waals surface area contributed by atoms with E-state index in [1.165, 1.54) is 5.56 Å². The largest absolute Gasteiger partial charge is 0.492 e. The molecule has 3 nitrogen and oxygen atoms in total. The van der Waals surface area contributed by atoms with Gasteiger partial charge in [0.2, 0.25) is 0 Å². The van der Waals surface area contributed by atoms with Crippen LogP contribution in [0.1, 0.15) is 25.8 Å². The summed E-state index contributed by atoms with van der Waals surface area (Å²) in [4.78, 5) is 0. The van der Waals surface area contributed by atoms with E-state index < -0.39 is 0 Å². The second kappa shape index (κ2) is 9.92. The van der Waals surface area contributed by atoms with E-state index in [1.807, 2.05) is 19.1 Å². The van der Waals surface area contributed by atoms with Crippen molar-refractivity contribution in [3.63, 3.8) is 0 Å². The SMILES string of the molecule is CCOCCCNCCOc1ccc(CC)cc1. The molecule has 0 saturated heterocycles. The summed E-state index contributed by atoms with van der Waals surface area (Å²) < 4.78 is 10.9. The Bertz CT molecular complexity index is 298. The zero-order valence-electron chi connectivity index (χ0n) is 11.6. The normalized spacial score (nSPS) is 10.6. The Hall–Kier alpha value is -1.06. The number of hydrogen-bond donors (Lipinski definition) is 1. The Morgan fingerprint density at radius 1 is 1.00 bits per heavy atom. The topological polar surface area (TPSA) is 30.5 Å². The van der Waals surface area contributed by atoms with Gasteiger partial charge in [0.1, 0.15) is 12.4 Å². The van der Waals surface area contributed by atoms with Crippen molar-refractivity contribution in [1.82, 2.24) is 5.32 Å². The minimum atomic E-state index is 0.708. The van der Waals surface area contributed by atoms with Crippen molar-refractivity contribution >= 4 is 0 Å². The van der Waals surface area contributed by atoms with Crippen LogP contribution in [0.2, 0.25) is 0 Å². The van der Waals surface area contributed by atoms with Crippen molar-refractivity contribution < 1.29 is 9.47 Å². The molecule has 1 rings (SSSR count). The number of nitrogens with one attached hydrogen (secondary N) is 1. The molecule has 1 aromatic rings. The van der Waals surface area contributed by atoms with Crippen LogP contribution in [0.5, 0.6) is 5.75 Å². The van der Waals surface area contributed by atoms with E-state index in [1.54, 1.807) is 0 Å². The molecular weight excluding hydrogens is 226 g/mol. The van der Waals surface area contributed by atoms with E-state index in [2.05, 4.69) is 24.4 Å². The average Bonchev–Trinajstić information content (AvgIpc) is 2.42. The van der Waals surface area contributed by atoms with E-state index in [0.29, 0.717) is 6.61 Å². The Kier molecular flexibility index (Phi) is 8.26. The second-order valence-electron chi connectivity index (χ2n) is 4.15. The first-order valence-corrected chi connectivity index (χ1v) is 6.87. The Balaban J connectivity index is 2.00. The third kappa shape index (κ3) is 6.62. The van der Waals surface area contributed by atoms with Gasteiger partial charge in [-0.2, -0.15) is 0 Å². The van der Waals surface area contributed by atoms with Crippen molar-refractivity contribution in [3.8, 4) is 5.75 Å². The first-order valence-electron chi connectivity index (χ1n) is 6.87. The van der Waals surface area contributed by atoms with E-state index in [9.17, 15) is 0 Å². The summed E-state index contributed by atoms with van der Waals surface area (Å²) in [5.74, 6) is 0.948. The van der Waals surface area contributed by atoms with Gasteiger partial charge in [0.25, 0.3) is 0 Å². The van der Waals surface area contributed by atoms with Crippen LogP contribution in [-0.2, 0) is 11.2 Å². The molecule has 0 heterocycles. The van der Waals surface area contributed by atoms with Crippen LogP contribution in [0.15, 0.2) is 24.3 Å². The second-order valence-corrected chi connectivity index (χ2v) is 4.15. The molecule has 3 heteroatoms. The maximum Gasteiger partial charge on any atom is 0.119 e. The van der Waals surface area contributed by atoms with Crippen LogP contribution in [0, 0.1) is 0 Å². The molecule has 0 atom stereocenters. The molecule has 18 heavy (non-hydrogen) atoms. The molecule has 0 aromatic heterocycles. The van der Waals surface area contributed by atoms with Gasteiger partial charge in [-0.25, -0.2) is 0 Å². The summed E-state index contributed by atoms with van der Waals surface area (Å²) in [5.41, 5.74) is 1.34. The summed E-state index contributed by atoms with van der Waals surface area (Å²) in [6.45, 7) is 8.38. The quantitative estimate of drug-likeness (QED) is 0.648. The molecule has 1 aromatic carbocycles. The lowest BCUT2D eigenvalue weighted by Gasteiger charge is -2.08. The summed E-state index contributed by atoms with van der Waals surface area (Å²) in [6.07, 6.45) is 2.13. The van der Waals surface area contributed by atoms with E-state index in [0.717, 1.165) is 44.9 Å². The zero-order chi connectivity index (χ0) is 13.1. The molecule has 0 aliphatic rings. The fourth-order valence-electron chi connectivity index (χ4n) is 1.63. The number of hydrogen-bond acceptors (Lipinski definition) is 3. The molecule has 0 radical (unpaired) electrons. The van der Waals surface area contributed by atoms with Gasteiger partial charge in [-0.1, -0.05) is 19.1 Å². The molecule has 0 spiro atoms. The lowest BCUT2D eigenvalue weighted by molar-refractivity contribution is 0.144. The predicted octanol–water partition coefficient (Wildman–Crippen LogP) is 2.64. The Labute approximate surface area is 110 Å². The standard InChI is InChI=1S/C15H25NO2/c1-3-14-6-8-15(9-7-14)18-13-11-16-10-5-12-17-4-2/h6-9,16H,3-5,10-13H2,1-2H3. The summed E-state index contributed by atoms with van der Waals surface area (Å²) in [7, 11) is 0. The first-order chi connectivity index (χ1) is 8.86. The van der Waals surface area contributed by atoms with Gasteiger partial charge in [0.05, 0.1) is 0 Å².